The molecule has 0 unspecified atom stereocenters. The Hall–Kier alpha value is -3.51. The molecule has 0 aliphatic heterocycles. The first kappa shape index (κ1) is 21.2. The van der Waals surface area contributed by atoms with Gasteiger partial charge in [0.15, 0.2) is 6.61 Å². The average Bonchev–Trinajstić information content (AvgIpc) is 2.73. The number of amides is 1. The molecular weight excluding hydrogens is 404 g/mol. The summed E-state index contributed by atoms with van der Waals surface area (Å²) in [5.74, 6) is -0.761. The number of benzene rings is 3. The third kappa shape index (κ3) is 5.99. The largest absolute Gasteiger partial charge is 0.484 e. The molecule has 0 spiro atoms. The smallest absolute Gasteiger partial charge is 0.337 e. The Labute approximate surface area is 179 Å². The second kappa shape index (κ2) is 9.80. The van der Waals surface area contributed by atoms with Crippen molar-refractivity contribution in [3.05, 3.63) is 88.4 Å². The number of nitrogens with one attached hydrogen (secondary N) is 2. The molecule has 7 heteroatoms. The molecule has 0 radical (unpaired) electrons. The lowest BCUT2D eigenvalue weighted by molar-refractivity contribution is -0.118. The van der Waals surface area contributed by atoms with Gasteiger partial charge in [-0.05, 0) is 55.0 Å². The van der Waals surface area contributed by atoms with Gasteiger partial charge in [0.1, 0.15) is 5.75 Å². The van der Waals surface area contributed by atoms with Crippen LogP contribution in [-0.4, -0.2) is 23.6 Å². The van der Waals surface area contributed by atoms with E-state index in [0.717, 1.165) is 16.8 Å². The van der Waals surface area contributed by atoms with E-state index in [1.807, 2.05) is 49.4 Å². The van der Waals surface area contributed by atoms with Gasteiger partial charge < -0.3 is 20.5 Å². The molecule has 0 atom stereocenters. The van der Waals surface area contributed by atoms with E-state index in [2.05, 4.69) is 10.6 Å². The zero-order valence-corrected chi connectivity index (χ0v) is 17.1. The number of anilines is 2. The molecule has 1 amide bonds. The van der Waals surface area contributed by atoms with Gasteiger partial charge in [0.2, 0.25) is 0 Å². The SMILES string of the molecule is Cc1ccc(NC(=O)COc2cccc(CNc3ccc(Cl)c(C(=O)O)c3)c2)cc1. The summed E-state index contributed by atoms with van der Waals surface area (Å²) >= 11 is 5.89. The van der Waals surface area contributed by atoms with Crippen molar-refractivity contribution in [1.82, 2.24) is 0 Å². The highest BCUT2D eigenvalue weighted by atomic mass is 35.5. The van der Waals surface area contributed by atoms with E-state index in [0.29, 0.717) is 18.0 Å². The molecule has 6 nitrogen and oxygen atoms in total. The number of hydrogen-bond donors (Lipinski definition) is 3. The Morgan fingerprint density at radius 2 is 1.73 bits per heavy atom. The number of carbonyl (C=O) groups is 2. The molecule has 3 aromatic rings. The van der Waals surface area contributed by atoms with E-state index in [4.69, 9.17) is 21.4 Å². The third-order valence-corrected chi connectivity index (χ3v) is 4.63. The molecule has 0 fully saturated rings. The lowest BCUT2D eigenvalue weighted by Crippen LogP contribution is -2.20. The minimum Gasteiger partial charge on any atom is -0.484 e. The fourth-order valence-corrected chi connectivity index (χ4v) is 2.93. The van der Waals surface area contributed by atoms with Gasteiger partial charge in [0.05, 0.1) is 10.6 Å². The topological polar surface area (TPSA) is 87.7 Å². The number of carboxylic acids is 1. The minimum atomic E-state index is -1.08. The van der Waals surface area contributed by atoms with Crippen LogP contribution in [0, 0.1) is 6.92 Å². The number of aromatic carboxylic acids is 1. The molecule has 3 aromatic carbocycles. The summed E-state index contributed by atoms with van der Waals surface area (Å²) in [6, 6.07) is 19.6. The fourth-order valence-electron chi connectivity index (χ4n) is 2.73. The molecule has 30 heavy (non-hydrogen) atoms. The summed E-state index contributed by atoms with van der Waals surface area (Å²) < 4.78 is 5.59. The van der Waals surface area contributed by atoms with Crippen molar-refractivity contribution in [3.8, 4) is 5.75 Å². The van der Waals surface area contributed by atoms with Crippen LogP contribution in [0.2, 0.25) is 5.02 Å². The highest BCUT2D eigenvalue weighted by Gasteiger charge is 2.09. The van der Waals surface area contributed by atoms with Gasteiger partial charge in [-0.2, -0.15) is 0 Å². The Balaban J connectivity index is 1.54. The zero-order chi connectivity index (χ0) is 21.5. The van der Waals surface area contributed by atoms with E-state index >= 15 is 0 Å². The Kier molecular flexibility index (Phi) is 6.93. The first-order valence-electron chi connectivity index (χ1n) is 9.26. The molecule has 154 valence electrons. The normalized spacial score (nSPS) is 10.3. The van der Waals surface area contributed by atoms with E-state index < -0.39 is 5.97 Å². The van der Waals surface area contributed by atoms with Crippen molar-refractivity contribution in [2.24, 2.45) is 0 Å². The molecule has 3 N–H and O–H groups in total. The van der Waals surface area contributed by atoms with Crippen molar-refractivity contribution in [2.75, 3.05) is 17.2 Å². The summed E-state index contributed by atoms with van der Waals surface area (Å²) in [5, 5.41) is 15.3. The third-order valence-electron chi connectivity index (χ3n) is 4.30. The lowest BCUT2D eigenvalue weighted by atomic mass is 10.1. The lowest BCUT2D eigenvalue weighted by Gasteiger charge is -2.11. The monoisotopic (exact) mass is 424 g/mol. The maximum atomic E-state index is 12.1. The summed E-state index contributed by atoms with van der Waals surface area (Å²) in [5.41, 5.74) is 3.43. The molecule has 0 saturated heterocycles. The first-order valence-corrected chi connectivity index (χ1v) is 9.63. The van der Waals surface area contributed by atoms with Crippen molar-refractivity contribution >= 4 is 34.9 Å². The van der Waals surface area contributed by atoms with E-state index in [9.17, 15) is 9.59 Å². The predicted molar refractivity (Wildman–Crippen MR) is 117 cm³/mol. The van der Waals surface area contributed by atoms with Crippen molar-refractivity contribution in [3.63, 3.8) is 0 Å². The van der Waals surface area contributed by atoms with Crippen LogP contribution in [0.25, 0.3) is 0 Å². The predicted octanol–water partition coefficient (Wildman–Crippen LogP) is 4.98. The van der Waals surface area contributed by atoms with Gasteiger partial charge >= 0.3 is 5.97 Å². The van der Waals surface area contributed by atoms with E-state index in [1.54, 1.807) is 18.2 Å². The standard InChI is InChI=1S/C23H21ClN2O4/c1-15-5-7-17(8-6-15)26-22(27)14-30-19-4-2-3-16(11-19)13-25-18-9-10-21(24)20(12-18)23(28)29/h2-12,25H,13-14H2,1H3,(H,26,27)(H,28,29). The maximum Gasteiger partial charge on any atom is 0.337 e. The van der Waals surface area contributed by atoms with Crippen LogP contribution in [0.5, 0.6) is 5.75 Å². The molecule has 0 heterocycles. The van der Waals surface area contributed by atoms with Gasteiger partial charge in [-0.25, -0.2) is 4.79 Å². The number of rotatable bonds is 8. The number of hydrogen-bond acceptors (Lipinski definition) is 4. The molecular formula is C23H21ClN2O4. The molecule has 0 bridgehead atoms. The highest BCUT2D eigenvalue weighted by Crippen LogP contribution is 2.22. The van der Waals surface area contributed by atoms with Crippen LogP contribution in [-0.2, 0) is 11.3 Å². The quantitative estimate of drug-likeness (QED) is 0.475. The molecule has 0 aliphatic carbocycles. The number of aryl methyl sites for hydroxylation is 1. The van der Waals surface area contributed by atoms with Crippen LogP contribution < -0.4 is 15.4 Å². The molecule has 0 aliphatic rings. The van der Waals surface area contributed by atoms with Gasteiger partial charge in [0.25, 0.3) is 5.91 Å². The van der Waals surface area contributed by atoms with Crippen molar-refractivity contribution < 1.29 is 19.4 Å². The number of ether oxygens (including phenoxy) is 1. The second-order valence-corrected chi connectivity index (χ2v) is 7.11. The Morgan fingerprint density at radius 3 is 2.47 bits per heavy atom. The van der Waals surface area contributed by atoms with E-state index in [1.165, 1.54) is 6.07 Å². The van der Waals surface area contributed by atoms with Crippen molar-refractivity contribution in [2.45, 2.75) is 13.5 Å². The highest BCUT2D eigenvalue weighted by molar-refractivity contribution is 6.33. The average molecular weight is 425 g/mol. The van der Waals surface area contributed by atoms with E-state index in [-0.39, 0.29) is 23.1 Å². The van der Waals surface area contributed by atoms with Crippen LogP contribution >= 0.6 is 11.6 Å². The number of carbonyl (C=O) groups excluding carboxylic acids is 1. The van der Waals surface area contributed by atoms with Crippen LogP contribution in [0.15, 0.2) is 66.7 Å². The number of halogens is 1. The van der Waals surface area contributed by atoms with Gasteiger partial charge in [-0.3, -0.25) is 4.79 Å². The molecule has 3 rings (SSSR count). The van der Waals surface area contributed by atoms with Crippen LogP contribution in [0.1, 0.15) is 21.5 Å². The Morgan fingerprint density at radius 1 is 1.00 bits per heavy atom. The number of carboxylic acid groups (broad SMARTS) is 1. The fraction of sp³-hybridized carbons (Fsp3) is 0.130. The maximum absolute atomic E-state index is 12.1. The van der Waals surface area contributed by atoms with Gasteiger partial charge in [-0.15, -0.1) is 0 Å². The second-order valence-electron chi connectivity index (χ2n) is 6.70. The summed E-state index contributed by atoms with van der Waals surface area (Å²) in [6.45, 7) is 2.33. The zero-order valence-electron chi connectivity index (χ0n) is 16.3. The van der Waals surface area contributed by atoms with Crippen LogP contribution in [0.3, 0.4) is 0 Å². The molecule has 0 aromatic heterocycles. The van der Waals surface area contributed by atoms with Crippen molar-refractivity contribution in [1.29, 1.82) is 0 Å². The minimum absolute atomic E-state index is 0.0401. The summed E-state index contributed by atoms with van der Waals surface area (Å²) in [4.78, 5) is 23.3. The van der Waals surface area contributed by atoms with Crippen LogP contribution in [0.4, 0.5) is 11.4 Å². The Bertz CT molecular complexity index is 1050. The molecule has 0 saturated carbocycles. The van der Waals surface area contributed by atoms with Gasteiger partial charge in [-0.1, -0.05) is 41.4 Å². The summed E-state index contributed by atoms with van der Waals surface area (Å²) in [6.07, 6.45) is 0. The van der Waals surface area contributed by atoms with Gasteiger partial charge in [0, 0.05) is 17.9 Å². The summed E-state index contributed by atoms with van der Waals surface area (Å²) in [7, 11) is 0. The first-order chi connectivity index (χ1) is 14.4.